The number of aliphatic imine (C=N–C) groups is 1. The van der Waals surface area contributed by atoms with Crippen molar-refractivity contribution in [1.29, 1.82) is 0 Å². The van der Waals surface area contributed by atoms with Crippen LogP contribution in [0.3, 0.4) is 0 Å². The molecule has 0 radical (unpaired) electrons. The number of nitrogens with one attached hydrogen (secondary N) is 2. The minimum atomic E-state index is 0.839. The fourth-order valence-electron chi connectivity index (χ4n) is 1.22. The highest BCUT2D eigenvalue weighted by atomic mass is 32.2. The van der Waals surface area contributed by atoms with Gasteiger partial charge in [0.15, 0.2) is 5.96 Å². The van der Waals surface area contributed by atoms with E-state index in [1.54, 1.807) is 18.4 Å². The Hall–Kier alpha value is -0.680. The Morgan fingerprint density at radius 3 is 3.00 bits per heavy atom. The second kappa shape index (κ2) is 8.47. The van der Waals surface area contributed by atoms with Gasteiger partial charge in [0, 0.05) is 20.1 Å². The lowest BCUT2D eigenvalue weighted by Crippen LogP contribution is -2.37. The molecule has 0 atom stereocenters. The zero-order chi connectivity index (χ0) is 11.6. The highest BCUT2D eigenvalue weighted by molar-refractivity contribution is 7.98. The van der Waals surface area contributed by atoms with Crippen molar-refractivity contribution in [2.45, 2.75) is 13.0 Å². The number of thiophene rings is 1. The Kier molecular flexibility index (Phi) is 7.09. The molecule has 0 spiro atoms. The van der Waals surface area contributed by atoms with Crippen LogP contribution in [0.5, 0.6) is 0 Å². The molecule has 0 aliphatic rings. The van der Waals surface area contributed by atoms with Gasteiger partial charge in [0.05, 0.1) is 0 Å². The maximum Gasteiger partial charge on any atom is 0.191 e. The predicted octanol–water partition coefficient (Wildman–Crippen LogP) is 2.17. The predicted molar refractivity (Wildman–Crippen MR) is 75.5 cm³/mol. The van der Waals surface area contributed by atoms with Crippen LogP contribution in [0.4, 0.5) is 0 Å². The van der Waals surface area contributed by atoms with Crippen molar-refractivity contribution in [2.24, 2.45) is 4.99 Å². The number of hydrogen-bond acceptors (Lipinski definition) is 3. The van der Waals surface area contributed by atoms with Crippen LogP contribution >= 0.6 is 23.1 Å². The van der Waals surface area contributed by atoms with Crippen molar-refractivity contribution in [2.75, 3.05) is 25.6 Å². The maximum absolute atomic E-state index is 4.18. The van der Waals surface area contributed by atoms with E-state index in [4.69, 9.17) is 0 Å². The minimum Gasteiger partial charge on any atom is -0.356 e. The first-order valence-corrected chi connectivity index (χ1v) is 7.65. The molecule has 90 valence electrons. The van der Waals surface area contributed by atoms with E-state index in [9.17, 15) is 0 Å². The largest absolute Gasteiger partial charge is 0.356 e. The number of guanidine groups is 1. The lowest BCUT2D eigenvalue weighted by Gasteiger charge is -2.10. The molecule has 0 aromatic carbocycles. The van der Waals surface area contributed by atoms with Crippen LogP contribution in [0.15, 0.2) is 21.8 Å². The summed E-state index contributed by atoms with van der Waals surface area (Å²) in [7, 11) is 1.80. The zero-order valence-electron chi connectivity index (χ0n) is 9.82. The fourth-order valence-corrected chi connectivity index (χ4v) is 2.32. The third-order valence-corrected chi connectivity index (χ3v) is 3.51. The highest BCUT2D eigenvalue weighted by Gasteiger charge is 1.97. The van der Waals surface area contributed by atoms with E-state index in [1.807, 2.05) is 11.8 Å². The van der Waals surface area contributed by atoms with Gasteiger partial charge < -0.3 is 10.6 Å². The summed E-state index contributed by atoms with van der Waals surface area (Å²) in [6.07, 6.45) is 3.30. The van der Waals surface area contributed by atoms with Crippen LogP contribution in [0.1, 0.15) is 12.0 Å². The standard InChI is InChI=1S/C11H19N3S2/c1-12-11(13-5-3-6-15-2)14-8-10-4-7-16-9-10/h4,7,9H,3,5-6,8H2,1-2H3,(H2,12,13,14). The van der Waals surface area contributed by atoms with Crippen molar-refractivity contribution < 1.29 is 0 Å². The van der Waals surface area contributed by atoms with E-state index in [1.165, 1.54) is 17.7 Å². The van der Waals surface area contributed by atoms with E-state index in [0.717, 1.165) is 19.0 Å². The zero-order valence-corrected chi connectivity index (χ0v) is 11.5. The molecule has 1 heterocycles. The molecular weight excluding hydrogens is 238 g/mol. The fraction of sp³-hybridized carbons (Fsp3) is 0.545. The Morgan fingerprint density at radius 2 is 2.38 bits per heavy atom. The van der Waals surface area contributed by atoms with Crippen molar-refractivity contribution in [3.63, 3.8) is 0 Å². The van der Waals surface area contributed by atoms with Crippen LogP contribution in [-0.4, -0.2) is 31.6 Å². The smallest absolute Gasteiger partial charge is 0.191 e. The Morgan fingerprint density at radius 1 is 1.50 bits per heavy atom. The molecule has 0 saturated carbocycles. The first kappa shape index (κ1) is 13.4. The normalized spacial score (nSPS) is 11.5. The van der Waals surface area contributed by atoms with Crippen molar-refractivity contribution in [1.82, 2.24) is 10.6 Å². The summed E-state index contributed by atoms with van der Waals surface area (Å²) < 4.78 is 0. The average Bonchev–Trinajstić information content (AvgIpc) is 2.81. The molecule has 0 fully saturated rings. The van der Waals surface area contributed by atoms with Crippen LogP contribution in [0, 0.1) is 0 Å². The molecular formula is C11H19N3S2. The van der Waals surface area contributed by atoms with Crippen molar-refractivity contribution >= 4 is 29.1 Å². The molecule has 3 nitrogen and oxygen atoms in total. The Bertz CT molecular complexity index is 296. The van der Waals surface area contributed by atoms with Gasteiger partial charge in [0.2, 0.25) is 0 Å². The molecule has 0 unspecified atom stereocenters. The third kappa shape index (κ3) is 5.42. The molecule has 5 heteroatoms. The highest BCUT2D eigenvalue weighted by Crippen LogP contribution is 2.04. The monoisotopic (exact) mass is 257 g/mol. The number of thioether (sulfide) groups is 1. The second-order valence-electron chi connectivity index (χ2n) is 3.33. The molecule has 0 amide bonds. The van der Waals surface area contributed by atoms with E-state index >= 15 is 0 Å². The lowest BCUT2D eigenvalue weighted by molar-refractivity contribution is 0.787. The maximum atomic E-state index is 4.18. The molecule has 1 aromatic rings. The van der Waals surface area contributed by atoms with Gasteiger partial charge in [-0.1, -0.05) is 0 Å². The number of nitrogens with zero attached hydrogens (tertiary/aromatic N) is 1. The molecule has 0 saturated heterocycles. The molecule has 0 aliphatic heterocycles. The molecule has 0 bridgehead atoms. The molecule has 0 aliphatic carbocycles. The second-order valence-corrected chi connectivity index (χ2v) is 5.10. The van der Waals surface area contributed by atoms with Crippen LogP contribution in [0.25, 0.3) is 0 Å². The topological polar surface area (TPSA) is 36.4 Å². The lowest BCUT2D eigenvalue weighted by atomic mass is 10.3. The summed E-state index contributed by atoms with van der Waals surface area (Å²) in [6.45, 7) is 1.82. The van der Waals surface area contributed by atoms with Crippen molar-refractivity contribution in [3.8, 4) is 0 Å². The van der Waals surface area contributed by atoms with Crippen molar-refractivity contribution in [3.05, 3.63) is 22.4 Å². The van der Waals surface area contributed by atoms with Crippen LogP contribution in [-0.2, 0) is 6.54 Å². The van der Waals surface area contributed by atoms with Gasteiger partial charge >= 0.3 is 0 Å². The summed E-state index contributed by atoms with van der Waals surface area (Å²) in [4.78, 5) is 4.18. The average molecular weight is 257 g/mol. The van der Waals surface area contributed by atoms with Gasteiger partial charge in [-0.2, -0.15) is 23.1 Å². The molecule has 16 heavy (non-hydrogen) atoms. The summed E-state index contributed by atoms with van der Waals surface area (Å²) in [6, 6.07) is 2.12. The van der Waals surface area contributed by atoms with E-state index in [2.05, 4.69) is 38.7 Å². The van der Waals surface area contributed by atoms with E-state index in [0.29, 0.717) is 0 Å². The SMILES string of the molecule is CN=C(NCCCSC)NCc1ccsc1. The van der Waals surface area contributed by atoms with Gasteiger partial charge in [-0.25, -0.2) is 0 Å². The quantitative estimate of drug-likeness (QED) is 0.466. The minimum absolute atomic E-state index is 0.839. The third-order valence-electron chi connectivity index (χ3n) is 2.08. The molecule has 1 rings (SSSR count). The van der Waals surface area contributed by atoms with E-state index < -0.39 is 0 Å². The number of rotatable bonds is 6. The number of hydrogen-bond donors (Lipinski definition) is 2. The summed E-state index contributed by atoms with van der Waals surface area (Å²) in [5.41, 5.74) is 1.30. The van der Waals surface area contributed by atoms with Crippen LogP contribution < -0.4 is 10.6 Å². The van der Waals surface area contributed by atoms with Gasteiger partial charge in [-0.15, -0.1) is 0 Å². The van der Waals surface area contributed by atoms with Gasteiger partial charge in [-0.3, -0.25) is 4.99 Å². The van der Waals surface area contributed by atoms with Gasteiger partial charge in [-0.05, 0) is 40.8 Å². The molecule has 2 N–H and O–H groups in total. The summed E-state index contributed by atoms with van der Waals surface area (Å²) in [5.74, 6) is 2.07. The molecule has 1 aromatic heterocycles. The van der Waals surface area contributed by atoms with Gasteiger partial charge in [0.25, 0.3) is 0 Å². The summed E-state index contributed by atoms with van der Waals surface area (Å²) in [5, 5.41) is 10.8. The first-order valence-electron chi connectivity index (χ1n) is 5.31. The summed E-state index contributed by atoms with van der Waals surface area (Å²) >= 11 is 3.59. The van der Waals surface area contributed by atoms with Gasteiger partial charge in [0.1, 0.15) is 0 Å². The van der Waals surface area contributed by atoms with E-state index in [-0.39, 0.29) is 0 Å². The van der Waals surface area contributed by atoms with Crippen LogP contribution in [0.2, 0.25) is 0 Å². The first-order chi connectivity index (χ1) is 7.86. The Balaban J connectivity index is 2.17. The Labute approximate surface area is 106 Å².